The lowest BCUT2D eigenvalue weighted by atomic mass is 10.3. The summed E-state index contributed by atoms with van der Waals surface area (Å²) in [6.07, 6.45) is -2.12. The second kappa shape index (κ2) is 3.40. The van der Waals surface area contributed by atoms with Crippen molar-refractivity contribution >= 4 is 11.6 Å². The highest BCUT2D eigenvalue weighted by atomic mass is 16.4. The molecule has 1 aliphatic rings. The minimum absolute atomic E-state index is 0.0178. The fourth-order valence-corrected chi connectivity index (χ4v) is 1.59. The molecular formula is C10H11NO3. The zero-order chi connectivity index (χ0) is 10.1. The Balaban J connectivity index is 2.31. The number of anilines is 1. The number of benzene rings is 1. The van der Waals surface area contributed by atoms with Gasteiger partial charge in [0.15, 0.2) is 6.23 Å². The van der Waals surface area contributed by atoms with Crippen molar-refractivity contribution in [1.82, 2.24) is 0 Å². The van der Waals surface area contributed by atoms with Crippen LogP contribution in [-0.4, -0.2) is 28.5 Å². The van der Waals surface area contributed by atoms with Crippen molar-refractivity contribution in [1.29, 1.82) is 0 Å². The highest BCUT2D eigenvalue weighted by molar-refractivity contribution is 5.96. The summed E-state index contributed by atoms with van der Waals surface area (Å²) in [5.74, 6) is -0.254. The van der Waals surface area contributed by atoms with Gasteiger partial charge in [-0.1, -0.05) is 18.2 Å². The molecule has 1 fully saturated rings. The molecule has 2 rings (SSSR count). The Morgan fingerprint density at radius 3 is 2.36 bits per heavy atom. The number of rotatable bonds is 1. The lowest BCUT2D eigenvalue weighted by Gasteiger charge is -2.21. The van der Waals surface area contributed by atoms with Crippen molar-refractivity contribution in [3.05, 3.63) is 30.3 Å². The summed E-state index contributed by atoms with van der Waals surface area (Å²) in [6, 6.07) is 8.82. The van der Waals surface area contributed by atoms with E-state index in [1.165, 1.54) is 4.90 Å². The molecule has 1 aromatic carbocycles. The number of aliphatic hydroxyl groups is 2. The van der Waals surface area contributed by atoms with Gasteiger partial charge in [0.1, 0.15) is 6.10 Å². The monoisotopic (exact) mass is 193 g/mol. The Kier molecular flexibility index (Phi) is 2.23. The van der Waals surface area contributed by atoms with E-state index in [1.54, 1.807) is 24.3 Å². The van der Waals surface area contributed by atoms with Crippen molar-refractivity contribution in [3.8, 4) is 0 Å². The van der Waals surface area contributed by atoms with Crippen LogP contribution in [0.4, 0.5) is 5.69 Å². The van der Waals surface area contributed by atoms with Crippen molar-refractivity contribution in [2.45, 2.75) is 18.8 Å². The minimum Gasteiger partial charge on any atom is -0.388 e. The summed E-state index contributed by atoms with van der Waals surface area (Å²) in [5, 5.41) is 18.8. The first-order valence-corrected chi connectivity index (χ1v) is 4.43. The van der Waals surface area contributed by atoms with Crippen molar-refractivity contribution in [2.24, 2.45) is 0 Å². The van der Waals surface area contributed by atoms with Gasteiger partial charge >= 0.3 is 0 Å². The predicted molar refractivity (Wildman–Crippen MR) is 50.6 cm³/mol. The highest BCUT2D eigenvalue weighted by Gasteiger charge is 2.38. The predicted octanol–water partition coefficient (Wildman–Crippen LogP) is 0.103. The maximum absolute atomic E-state index is 11.4. The number of carbonyl (C=O) groups excluding carboxylic acids is 1. The van der Waals surface area contributed by atoms with Gasteiger partial charge in [0.05, 0.1) is 6.42 Å². The molecule has 2 atom stereocenters. The third kappa shape index (κ3) is 1.38. The number of hydrogen-bond acceptors (Lipinski definition) is 3. The van der Waals surface area contributed by atoms with Crippen LogP contribution in [0, 0.1) is 0 Å². The van der Waals surface area contributed by atoms with Crippen LogP contribution in [-0.2, 0) is 4.79 Å². The maximum atomic E-state index is 11.4. The van der Waals surface area contributed by atoms with Gasteiger partial charge in [0.25, 0.3) is 0 Å². The molecule has 1 aromatic rings. The molecule has 4 nitrogen and oxygen atoms in total. The second-order valence-electron chi connectivity index (χ2n) is 3.28. The summed E-state index contributed by atoms with van der Waals surface area (Å²) < 4.78 is 0. The molecule has 0 aromatic heterocycles. The number of aliphatic hydroxyl groups excluding tert-OH is 2. The maximum Gasteiger partial charge on any atom is 0.231 e. The third-order valence-electron chi connectivity index (χ3n) is 2.30. The molecule has 1 heterocycles. The Bertz CT molecular complexity index is 338. The van der Waals surface area contributed by atoms with Crippen LogP contribution in [0.25, 0.3) is 0 Å². The van der Waals surface area contributed by atoms with Crippen LogP contribution in [0.2, 0.25) is 0 Å². The van der Waals surface area contributed by atoms with Gasteiger partial charge in [0.2, 0.25) is 5.91 Å². The van der Waals surface area contributed by atoms with Gasteiger partial charge < -0.3 is 10.2 Å². The molecule has 0 radical (unpaired) electrons. The minimum atomic E-state index is -1.12. The Morgan fingerprint density at radius 1 is 1.21 bits per heavy atom. The smallest absolute Gasteiger partial charge is 0.231 e. The molecule has 1 amide bonds. The number of carbonyl (C=O) groups is 1. The van der Waals surface area contributed by atoms with E-state index in [2.05, 4.69) is 0 Å². The Labute approximate surface area is 81.4 Å². The van der Waals surface area contributed by atoms with E-state index in [4.69, 9.17) is 0 Å². The molecule has 1 unspecified atom stereocenters. The van der Waals surface area contributed by atoms with Crippen molar-refractivity contribution in [2.75, 3.05) is 4.90 Å². The largest absolute Gasteiger partial charge is 0.388 e. The number of para-hydroxylation sites is 1. The summed E-state index contributed by atoms with van der Waals surface area (Å²) in [4.78, 5) is 12.6. The standard InChI is InChI=1S/C10H11NO3/c12-8-6-9(13)11(10(8)14)7-4-2-1-3-5-7/h1-5,8,10,12,14H,6H2/t8-,10?/m0/s1. The molecule has 1 aliphatic heterocycles. The van der Waals surface area contributed by atoms with Crippen LogP contribution >= 0.6 is 0 Å². The molecule has 74 valence electrons. The lowest BCUT2D eigenvalue weighted by Crippen LogP contribution is -2.36. The summed E-state index contributed by atoms with van der Waals surface area (Å²) in [6.45, 7) is 0. The lowest BCUT2D eigenvalue weighted by molar-refractivity contribution is -0.117. The highest BCUT2D eigenvalue weighted by Crippen LogP contribution is 2.24. The van der Waals surface area contributed by atoms with Crippen LogP contribution in [0.3, 0.4) is 0 Å². The van der Waals surface area contributed by atoms with E-state index < -0.39 is 12.3 Å². The van der Waals surface area contributed by atoms with E-state index in [0.717, 1.165) is 0 Å². The average Bonchev–Trinajstić information content (AvgIpc) is 2.43. The van der Waals surface area contributed by atoms with Gasteiger partial charge in [-0.2, -0.15) is 0 Å². The molecule has 14 heavy (non-hydrogen) atoms. The SMILES string of the molecule is O=C1C[C@H](O)C(O)N1c1ccccc1. The van der Waals surface area contributed by atoms with Crippen LogP contribution in [0.5, 0.6) is 0 Å². The van der Waals surface area contributed by atoms with Crippen molar-refractivity contribution in [3.63, 3.8) is 0 Å². The van der Waals surface area contributed by atoms with Gasteiger partial charge in [-0.15, -0.1) is 0 Å². The van der Waals surface area contributed by atoms with Gasteiger partial charge in [-0.05, 0) is 12.1 Å². The molecule has 0 spiro atoms. The summed E-state index contributed by atoms with van der Waals surface area (Å²) in [7, 11) is 0. The van der Waals surface area contributed by atoms with Crippen LogP contribution < -0.4 is 4.90 Å². The van der Waals surface area contributed by atoms with Gasteiger partial charge in [0, 0.05) is 5.69 Å². The molecule has 0 aliphatic carbocycles. The normalized spacial score (nSPS) is 27.0. The van der Waals surface area contributed by atoms with E-state index in [1.807, 2.05) is 6.07 Å². The fraction of sp³-hybridized carbons (Fsp3) is 0.300. The van der Waals surface area contributed by atoms with E-state index in [9.17, 15) is 15.0 Å². The molecule has 2 N–H and O–H groups in total. The number of hydrogen-bond donors (Lipinski definition) is 2. The van der Waals surface area contributed by atoms with E-state index in [0.29, 0.717) is 5.69 Å². The average molecular weight is 193 g/mol. The fourth-order valence-electron chi connectivity index (χ4n) is 1.59. The third-order valence-corrected chi connectivity index (χ3v) is 2.30. The van der Waals surface area contributed by atoms with Crippen LogP contribution in [0.15, 0.2) is 30.3 Å². The first-order chi connectivity index (χ1) is 6.70. The molecule has 0 saturated carbocycles. The zero-order valence-electron chi connectivity index (χ0n) is 7.50. The first kappa shape index (κ1) is 9.18. The summed E-state index contributed by atoms with van der Waals surface area (Å²) >= 11 is 0. The van der Waals surface area contributed by atoms with E-state index >= 15 is 0 Å². The number of amides is 1. The Hall–Kier alpha value is -1.39. The van der Waals surface area contributed by atoms with E-state index in [-0.39, 0.29) is 12.3 Å². The molecule has 0 bridgehead atoms. The van der Waals surface area contributed by atoms with Crippen LogP contribution in [0.1, 0.15) is 6.42 Å². The molecule has 4 heteroatoms. The molecule has 1 saturated heterocycles. The van der Waals surface area contributed by atoms with Crippen molar-refractivity contribution < 1.29 is 15.0 Å². The quantitative estimate of drug-likeness (QED) is 0.665. The number of nitrogens with zero attached hydrogens (tertiary/aromatic N) is 1. The topological polar surface area (TPSA) is 60.8 Å². The van der Waals surface area contributed by atoms with Gasteiger partial charge in [-0.3, -0.25) is 9.69 Å². The van der Waals surface area contributed by atoms with Gasteiger partial charge in [-0.25, -0.2) is 0 Å². The Morgan fingerprint density at radius 2 is 1.86 bits per heavy atom. The first-order valence-electron chi connectivity index (χ1n) is 4.43. The summed E-state index contributed by atoms with van der Waals surface area (Å²) in [5.41, 5.74) is 0.613. The zero-order valence-corrected chi connectivity index (χ0v) is 7.50. The second-order valence-corrected chi connectivity index (χ2v) is 3.28. The molecular weight excluding hydrogens is 182 g/mol.